The van der Waals surface area contributed by atoms with Crippen LogP contribution in [-0.4, -0.2) is 23.3 Å². The Hall–Kier alpha value is -0.550. The molecule has 12 heavy (non-hydrogen) atoms. The van der Waals surface area contributed by atoms with Crippen molar-refractivity contribution in [3.05, 3.63) is 0 Å². The minimum absolute atomic E-state index is 0. The summed E-state index contributed by atoms with van der Waals surface area (Å²) in [5, 5.41) is 8.27. The van der Waals surface area contributed by atoms with Crippen LogP contribution in [0.3, 0.4) is 0 Å². The van der Waals surface area contributed by atoms with Crippen LogP contribution < -0.4 is 16.8 Å². The first-order chi connectivity index (χ1) is 5.04. The number of hydrogen-bond donors (Lipinski definition) is 3. The molecule has 0 aliphatic rings. The Morgan fingerprint density at radius 3 is 2.50 bits per heavy atom. The summed E-state index contributed by atoms with van der Waals surface area (Å²) < 4.78 is 10.00. The van der Waals surface area contributed by atoms with Crippen molar-refractivity contribution in [2.75, 3.05) is 6.16 Å². The summed E-state index contributed by atoms with van der Waals surface area (Å²) in [7, 11) is -2.40. The zero-order valence-corrected chi connectivity index (χ0v) is 7.79. The predicted molar refractivity (Wildman–Crippen MR) is 43.3 cm³/mol. The molecule has 0 aliphatic heterocycles. The molecule has 0 radical (unpaired) electrons. The quantitative estimate of drug-likeness (QED) is 0.517. The fourth-order valence-electron chi connectivity index (χ4n) is 0.564. The molecule has 0 amide bonds. The third kappa shape index (κ3) is 7.56. The summed E-state index contributed by atoms with van der Waals surface area (Å²) in [6.07, 6.45) is 0.529. The van der Waals surface area contributed by atoms with E-state index in [1.807, 2.05) is 0 Å². The van der Waals surface area contributed by atoms with Crippen LogP contribution in [0.15, 0.2) is 0 Å². The van der Waals surface area contributed by atoms with Crippen LogP contribution in [0.25, 0.3) is 0 Å². The van der Waals surface area contributed by atoms with E-state index in [4.69, 9.17) is 10.8 Å². The van der Waals surface area contributed by atoms with E-state index in [2.05, 4.69) is 0 Å². The maximum Gasteiger partial charge on any atom is 0.320 e. The lowest BCUT2D eigenvalue weighted by Gasteiger charge is -2.01. The van der Waals surface area contributed by atoms with E-state index in [9.17, 15) is 14.3 Å². The number of carboxylic acid groups (broad SMARTS) is 1. The summed E-state index contributed by atoms with van der Waals surface area (Å²) in [4.78, 5) is 20.1. The lowest BCUT2D eigenvalue weighted by atomic mass is 10.2. The molecule has 0 heterocycles. The Labute approximate surface area is 71.2 Å². The van der Waals surface area contributed by atoms with Gasteiger partial charge in [-0.1, -0.05) is 4.57 Å². The van der Waals surface area contributed by atoms with Crippen molar-refractivity contribution < 1.29 is 19.4 Å². The Morgan fingerprint density at radius 2 is 2.17 bits per heavy atom. The lowest BCUT2D eigenvalue weighted by Crippen LogP contribution is -2.29. The summed E-state index contributed by atoms with van der Waals surface area (Å²) in [5.41, 5.74) is 5.11. The minimum atomic E-state index is -2.40. The molecule has 0 fully saturated rings. The van der Waals surface area contributed by atoms with Gasteiger partial charge in [0.2, 0.25) is 0 Å². The fourth-order valence-corrected chi connectivity index (χ4v) is 1.00. The highest BCUT2D eigenvalue weighted by Crippen LogP contribution is 2.10. The number of quaternary nitrogens is 1. The maximum absolute atomic E-state index is 10.1. The third-order valence-corrected chi connectivity index (χ3v) is 1.85. The molecule has 0 aromatic rings. The summed E-state index contributed by atoms with van der Waals surface area (Å²) >= 11 is 0. The third-order valence-electron chi connectivity index (χ3n) is 1.17. The van der Waals surface area contributed by atoms with Gasteiger partial charge in [0.15, 0.2) is 0 Å². The van der Waals surface area contributed by atoms with Crippen LogP contribution in [0.1, 0.15) is 12.8 Å². The Balaban J connectivity index is 0. The first kappa shape index (κ1) is 14.0. The second-order valence-electron chi connectivity index (χ2n) is 2.14. The molecule has 0 aliphatic carbocycles. The highest BCUT2D eigenvalue weighted by molar-refractivity contribution is 7.36. The van der Waals surface area contributed by atoms with Gasteiger partial charge in [0.25, 0.3) is 0 Å². The van der Waals surface area contributed by atoms with Crippen LogP contribution in [0.4, 0.5) is 0 Å². The number of carbonyl (C=O) groups is 1. The molecule has 0 aromatic heterocycles. The smallest absolute Gasteiger partial charge is 0.320 e. The summed E-state index contributed by atoms with van der Waals surface area (Å²) in [6.45, 7) is 0. The van der Waals surface area contributed by atoms with E-state index in [1.165, 1.54) is 0 Å². The molecule has 7 heteroatoms. The normalized spacial score (nSPS) is 13.0. The molecule has 0 saturated carbocycles. The number of rotatable bonds is 5. The van der Waals surface area contributed by atoms with Crippen molar-refractivity contribution >= 4 is 14.0 Å². The lowest BCUT2D eigenvalue weighted by molar-refractivity contribution is -0.164. The molecule has 0 aromatic carbocycles. The van der Waals surface area contributed by atoms with Crippen LogP contribution >= 0.6 is 8.03 Å². The molecule has 0 saturated heterocycles. The van der Waals surface area contributed by atoms with E-state index in [0.717, 1.165) is 0 Å². The zero-order valence-electron chi connectivity index (χ0n) is 6.90. The molecule has 2 unspecified atom stereocenters. The fraction of sp³-hybridized carbons (Fsp3) is 0.800. The van der Waals surface area contributed by atoms with Gasteiger partial charge in [-0.3, -0.25) is 4.79 Å². The van der Waals surface area contributed by atoms with E-state index >= 15 is 0 Å². The largest absolute Gasteiger partial charge is 0.596 e. The summed E-state index contributed by atoms with van der Waals surface area (Å²) in [6, 6.07) is -0.940. The topological polar surface area (TPSA) is 140 Å². The average Bonchev–Trinajstić information content (AvgIpc) is 1.86. The molecule has 7 N–H and O–H groups in total. The van der Waals surface area contributed by atoms with E-state index in [0.29, 0.717) is 6.42 Å². The molecule has 0 bridgehead atoms. The Bertz CT molecular complexity index is 164. The second-order valence-corrected chi connectivity index (χ2v) is 3.26. The van der Waals surface area contributed by atoms with Gasteiger partial charge in [-0.15, -0.1) is 0 Å². The van der Waals surface area contributed by atoms with Gasteiger partial charge in [-0.2, -0.15) is 0 Å². The van der Waals surface area contributed by atoms with Crippen LogP contribution in [-0.2, 0) is 9.36 Å². The molecule has 0 rings (SSSR count). The molecule has 72 valence electrons. The number of carboxylic acids is 1. The van der Waals surface area contributed by atoms with Crippen molar-refractivity contribution in [2.45, 2.75) is 18.9 Å². The maximum atomic E-state index is 10.1. The zero-order chi connectivity index (χ0) is 8.85. The number of nitrogens with two attached hydrogens (primary N) is 1. The van der Waals surface area contributed by atoms with Crippen molar-refractivity contribution in [1.82, 2.24) is 6.15 Å². The molecule has 6 nitrogen and oxygen atoms in total. The number of hydrogen-bond acceptors (Lipinski definition) is 4. The van der Waals surface area contributed by atoms with Gasteiger partial charge in [0.05, 0.1) is 0 Å². The monoisotopic (exact) mass is 197 g/mol. The highest BCUT2D eigenvalue weighted by Gasteiger charge is 2.12. The molecule has 0 spiro atoms. The van der Waals surface area contributed by atoms with E-state index < -0.39 is 20.0 Å². The van der Waals surface area contributed by atoms with E-state index in [-0.39, 0.29) is 18.7 Å². The SMILES string of the molecule is NC(CCC[P+](=O)[O-])C(=O)O.[NH4+]. The van der Waals surface area contributed by atoms with Gasteiger partial charge in [0.1, 0.15) is 12.2 Å². The molecular formula is C5H14N2O4P+. The van der Waals surface area contributed by atoms with E-state index in [1.54, 1.807) is 0 Å². The van der Waals surface area contributed by atoms with Gasteiger partial charge >= 0.3 is 14.0 Å². The Morgan fingerprint density at radius 1 is 1.67 bits per heavy atom. The van der Waals surface area contributed by atoms with Crippen molar-refractivity contribution in [3.8, 4) is 0 Å². The van der Waals surface area contributed by atoms with Crippen molar-refractivity contribution in [3.63, 3.8) is 0 Å². The highest BCUT2D eigenvalue weighted by atomic mass is 31.1. The second kappa shape index (κ2) is 7.12. The Kier molecular flexibility index (Phi) is 8.31. The average molecular weight is 197 g/mol. The van der Waals surface area contributed by atoms with Crippen LogP contribution in [0.5, 0.6) is 0 Å². The van der Waals surface area contributed by atoms with Crippen molar-refractivity contribution in [2.24, 2.45) is 5.73 Å². The van der Waals surface area contributed by atoms with Crippen LogP contribution in [0.2, 0.25) is 0 Å². The van der Waals surface area contributed by atoms with Crippen molar-refractivity contribution in [1.29, 1.82) is 0 Å². The molecule has 2 atom stereocenters. The van der Waals surface area contributed by atoms with Gasteiger partial charge < -0.3 is 21.9 Å². The van der Waals surface area contributed by atoms with Crippen LogP contribution in [0, 0.1) is 0 Å². The minimum Gasteiger partial charge on any atom is -0.596 e. The van der Waals surface area contributed by atoms with Gasteiger partial charge in [-0.25, -0.2) is 0 Å². The molecular weight excluding hydrogens is 183 g/mol. The first-order valence-electron chi connectivity index (χ1n) is 3.14. The predicted octanol–water partition coefficient (Wildman–Crippen LogP) is -0.343. The van der Waals surface area contributed by atoms with Gasteiger partial charge in [0, 0.05) is 0 Å². The first-order valence-corrected chi connectivity index (χ1v) is 4.50. The van der Waals surface area contributed by atoms with Gasteiger partial charge in [-0.05, 0) is 12.8 Å². The summed E-state index contributed by atoms with van der Waals surface area (Å²) in [5.74, 6) is -1.09. The standard InChI is InChI=1S/C5H10NO4P.H3N/c6-4(5(7)8)2-1-3-11(9)10;/h4H,1-3,6H2,(H,7,8);1H3/p+1. The number of aliphatic carboxylic acids is 1.